The van der Waals surface area contributed by atoms with Gasteiger partial charge in [0.15, 0.2) is 0 Å². The Bertz CT molecular complexity index is 1180. The lowest BCUT2D eigenvalue weighted by Gasteiger charge is -2.34. The van der Waals surface area contributed by atoms with E-state index in [-0.39, 0.29) is 5.56 Å². The number of aromatic nitrogens is 3. The zero-order valence-corrected chi connectivity index (χ0v) is 17.5. The third kappa shape index (κ3) is 3.92. The van der Waals surface area contributed by atoms with Gasteiger partial charge in [-0.2, -0.15) is 5.10 Å². The zero-order valence-electron chi connectivity index (χ0n) is 16.6. The number of hydrogen-bond acceptors (Lipinski definition) is 6. The quantitative estimate of drug-likeness (QED) is 0.499. The van der Waals surface area contributed by atoms with Gasteiger partial charge >= 0.3 is 0 Å². The predicted molar refractivity (Wildman–Crippen MR) is 120 cm³/mol. The maximum Gasteiger partial charge on any atom is 0.275 e. The number of benzene rings is 1. The standard InChI is InChI=1S/C23H23N5OS/c29-23-20-5-2-1-4-19(20)22(21-6-3-15-30-21)25-28(23)17-27-13-11-26(12-14-27)16-18-7-9-24-10-8-18/h1-10,15H,11-14,16-17H2. The minimum absolute atomic E-state index is 0.0230. The molecule has 0 aliphatic carbocycles. The molecule has 152 valence electrons. The molecule has 0 bridgehead atoms. The van der Waals surface area contributed by atoms with Gasteiger partial charge in [0.2, 0.25) is 0 Å². The zero-order chi connectivity index (χ0) is 20.3. The Morgan fingerprint density at radius 2 is 1.60 bits per heavy atom. The van der Waals surface area contributed by atoms with Gasteiger partial charge in [-0.05, 0) is 35.2 Å². The highest BCUT2D eigenvalue weighted by Crippen LogP contribution is 2.28. The molecule has 6 nitrogen and oxygen atoms in total. The predicted octanol–water partition coefficient (Wildman–Crippen LogP) is 3.30. The highest BCUT2D eigenvalue weighted by molar-refractivity contribution is 7.13. The number of piperazine rings is 1. The van der Waals surface area contributed by atoms with Crippen LogP contribution in [0, 0.1) is 0 Å². The fourth-order valence-electron chi connectivity index (χ4n) is 3.95. The van der Waals surface area contributed by atoms with E-state index in [1.54, 1.807) is 16.0 Å². The van der Waals surface area contributed by atoms with Crippen molar-refractivity contribution in [3.63, 3.8) is 0 Å². The van der Waals surface area contributed by atoms with Gasteiger partial charge in [-0.1, -0.05) is 24.3 Å². The van der Waals surface area contributed by atoms with Crippen LogP contribution in [0.15, 0.2) is 71.1 Å². The van der Waals surface area contributed by atoms with Gasteiger partial charge in [0, 0.05) is 50.5 Å². The Balaban J connectivity index is 1.35. The van der Waals surface area contributed by atoms with Gasteiger partial charge in [-0.15, -0.1) is 11.3 Å². The van der Waals surface area contributed by atoms with Crippen molar-refractivity contribution in [2.45, 2.75) is 13.2 Å². The van der Waals surface area contributed by atoms with E-state index in [4.69, 9.17) is 5.10 Å². The number of rotatable bonds is 5. The third-order valence-electron chi connectivity index (χ3n) is 5.58. The second kappa shape index (κ2) is 8.47. The summed E-state index contributed by atoms with van der Waals surface area (Å²) in [7, 11) is 0. The number of hydrogen-bond donors (Lipinski definition) is 0. The van der Waals surface area contributed by atoms with E-state index < -0.39 is 0 Å². The van der Waals surface area contributed by atoms with Gasteiger partial charge in [-0.25, -0.2) is 4.68 Å². The molecule has 1 aromatic carbocycles. The molecule has 3 aromatic heterocycles. The van der Waals surface area contributed by atoms with Crippen molar-refractivity contribution in [2.24, 2.45) is 0 Å². The van der Waals surface area contributed by atoms with Crippen molar-refractivity contribution in [3.05, 3.63) is 82.2 Å². The minimum Gasteiger partial charge on any atom is -0.297 e. The SMILES string of the molecule is O=c1c2ccccc2c(-c2cccs2)nn1CN1CCN(Cc2ccncc2)CC1. The molecular formula is C23H23N5OS. The Hall–Kier alpha value is -2.87. The fraction of sp³-hybridized carbons (Fsp3) is 0.261. The molecule has 7 heteroatoms. The van der Waals surface area contributed by atoms with Crippen LogP contribution in [-0.2, 0) is 13.2 Å². The second-order valence-electron chi connectivity index (χ2n) is 7.57. The van der Waals surface area contributed by atoms with Crippen LogP contribution in [0.2, 0.25) is 0 Å². The van der Waals surface area contributed by atoms with E-state index >= 15 is 0 Å². The van der Waals surface area contributed by atoms with E-state index in [0.717, 1.165) is 54.1 Å². The topological polar surface area (TPSA) is 54.3 Å². The molecule has 5 rings (SSSR count). The molecule has 0 unspecified atom stereocenters. The minimum atomic E-state index is -0.0230. The van der Waals surface area contributed by atoms with Crippen molar-refractivity contribution < 1.29 is 0 Å². The summed E-state index contributed by atoms with van der Waals surface area (Å²) in [6, 6.07) is 16.0. The van der Waals surface area contributed by atoms with Crippen molar-refractivity contribution in [2.75, 3.05) is 26.2 Å². The van der Waals surface area contributed by atoms with Gasteiger partial charge < -0.3 is 0 Å². The maximum atomic E-state index is 13.1. The van der Waals surface area contributed by atoms with E-state index in [2.05, 4.69) is 33.0 Å². The molecule has 1 aliphatic rings. The largest absolute Gasteiger partial charge is 0.297 e. The molecule has 0 spiro atoms. The number of fused-ring (bicyclic) bond motifs is 1. The van der Waals surface area contributed by atoms with Crippen molar-refractivity contribution >= 4 is 22.1 Å². The Morgan fingerprint density at radius 1 is 0.867 bits per heavy atom. The summed E-state index contributed by atoms with van der Waals surface area (Å²) in [6.45, 7) is 5.24. The Morgan fingerprint density at radius 3 is 2.33 bits per heavy atom. The molecule has 0 atom stereocenters. The number of thiophene rings is 1. The molecule has 4 heterocycles. The first-order valence-corrected chi connectivity index (χ1v) is 11.0. The first-order valence-electron chi connectivity index (χ1n) is 10.2. The molecule has 0 saturated carbocycles. The first-order chi connectivity index (χ1) is 14.8. The summed E-state index contributed by atoms with van der Waals surface area (Å²) in [4.78, 5) is 23.0. The lowest BCUT2D eigenvalue weighted by Crippen LogP contribution is -2.47. The van der Waals surface area contributed by atoms with Crippen LogP contribution in [0.4, 0.5) is 0 Å². The van der Waals surface area contributed by atoms with Crippen LogP contribution >= 0.6 is 11.3 Å². The molecular weight excluding hydrogens is 394 g/mol. The van der Waals surface area contributed by atoms with Crippen LogP contribution < -0.4 is 5.56 Å². The summed E-state index contributed by atoms with van der Waals surface area (Å²) in [5.41, 5.74) is 2.15. The molecule has 0 radical (unpaired) electrons. The van der Waals surface area contributed by atoms with E-state index in [1.807, 2.05) is 48.1 Å². The van der Waals surface area contributed by atoms with Crippen LogP contribution in [-0.4, -0.2) is 50.7 Å². The lowest BCUT2D eigenvalue weighted by molar-refractivity contribution is 0.0973. The van der Waals surface area contributed by atoms with Crippen LogP contribution in [0.5, 0.6) is 0 Å². The summed E-state index contributed by atoms with van der Waals surface area (Å²) in [5.74, 6) is 0. The van der Waals surface area contributed by atoms with E-state index in [0.29, 0.717) is 6.67 Å². The monoisotopic (exact) mass is 417 g/mol. The molecule has 4 aromatic rings. The van der Waals surface area contributed by atoms with Crippen molar-refractivity contribution in [1.82, 2.24) is 24.6 Å². The van der Waals surface area contributed by atoms with Gasteiger partial charge in [-0.3, -0.25) is 19.6 Å². The summed E-state index contributed by atoms with van der Waals surface area (Å²) in [6.07, 6.45) is 3.68. The molecule has 0 amide bonds. The van der Waals surface area contributed by atoms with Crippen LogP contribution in [0.3, 0.4) is 0 Å². The average molecular weight is 418 g/mol. The molecule has 1 fully saturated rings. The van der Waals surface area contributed by atoms with Crippen molar-refractivity contribution in [3.8, 4) is 10.6 Å². The van der Waals surface area contributed by atoms with Gasteiger partial charge in [0.1, 0.15) is 5.69 Å². The number of nitrogens with zero attached hydrogens (tertiary/aromatic N) is 5. The smallest absolute Gasteiger partial charge is 0.275 e. The van der Waals surface area contributed by atoms with Gasteiger partial charge in [0.25, 0.3) is 5.56 Å². The summed E-state index contributed by atoms with van der Waals surface area (Å²) < 4.78 is 1.63. The number of pyridine rings is 1. The van der Waals surface area contributed by atoms with E-state index in [9.17, 15) is 4.79 Å². The lowest BCUT2D eigenvalue weighted by atomic mass is 10.1. The highest BCUT2D eigenvalue weighted by atomic mass is 32.1. The van der Waals surface area contributed by atoms with Crippen LogP contribution in [0.25, 0.3) is 21.3 Å². The maximum absolute atomic E-state index is 13.1. The molecule has 1 saturated heterocycles. The third-order valence-corrected chi connectivity index (χ3v) is 6.45. The Labute approximate surface area is 179 Å². The second-order valence-corrected chi connectivity index (χ2v) is 8.51. The molecule has 1 aliphatic heterocycles. The normalized spacial score (nSPS) is 15.6. The summed E-state index contributed by atoms with van der Waals surface area (Å²) >= 11 is 1.65. The van der Waals surface area contributed by atoms with E-state index in [1.165, 1.54) is 5.56 Å². The summed E-state index contributed by atoms with van der Waals surface area (Å²) in [5, 5.41) is 8.47. The molecule has 30 heavy (non-hydrogen) atoms. The first kappa shape index (κ1) is 19.1. The fourth-order valence-corrected chi connectivity index (χ4v) is 4.67. The Kier molecular flexibility index (Phi) is 5.40. The average Bonchev–Trinajstić information content (AvgIpc) is 3.32. The highest BCUT2D eigenvalue weighted by Gasteiger charge is 2.19. The van der Waals surface area contributed by atoms with Crippen LogP contribution in [0.1, 0.15) is 5.56 Å². The van der Waals surface area contributed by atoms with Crippen molar-refractivity contribution in [1.29, 1.82) is 0 Å². The van der Waals surface area contributed by atoms with Gasteiger partial charge in [0.05, 0.1) is 16.9 Å². The molecule has 0 N–H and O–H groups in total.